The molecule has 0 aliphatic heterocycles. The van der Waals surface area contributed by atoms with Gasteiger partial charge < -0.3 is 13.7 Å². The summed E-state index contributed by atoms with van der Waals surface area (Å²) < 4.78 is 117. The number of benzene rings is 2. The van der Waals surface area contributed by atoms with Crippen molar-refractivity contribution >= 4 is 16.5 Å². The molecule has 0 amide bonds. The number of aromatic nitrogens is 3. The predicted molar refractivity (Wildman–Crippen MR) is 104 cm³/mol. The number of ether oxygens (including phenoxy) is 2. The molecule has 0 aliphatic carbocycles. The zero-order chi connectivity index (χ0) is 26.0. The van der Waals surface area contributed by atoms with Crippen molar-refractivity contribution in [3.05, 3.63) is 65.0 Å². The molecule has 16 heteroatoms. The van der Waals surface area contributed by atoms with E-state index in [9.17, 15) is 39.1 Å². The van der Waals surface area contributed by atoms with E-state index in [1.165, 1.54) is 6.92 Å². The van der Waals surface area contributed by atoms with Crippen molar-refractivity contribution in [1.29, 1.82) is 0 Å². The summed E-state index contributed by atoms with van der Waals surface area (Å²) in [5.41, 5.74) is -4.25. The van der Waals surface area contributed by atoms with E-state index in [4.69, 9.17) is 4.74 Å². The molecule has 1 aromatic heterocycles. The number of carbonyl (C=O) groups is 1. The minimum atomic E-state index is -5.25. The summed E-state index contributed by atoms with van der Waals surface area (Å²) in [4.78, 5) is 11.8. The molecule has 188 valence electrons. The maximum atomic E-state index is 14.6. The smallest absolute Gasteiger partial charge is 0.488 e. The fourth-order valence-corrected chi connectivity index (χ4v) is 3.11. The van der Waals surface area contributed by atoms with Gasteiger partial charge in [0.05, 0.1) is 17.9 Å². The molecule has 0 aliphatic rings. The van der Waals surface area contributed by atoms with Crippen LogP contribution in [0.25, 0.3) is 5.69 Å². The number of carbonyl (C=O) groups excluding carboxylic acids is 1. The molecular formula is C19H13F6N3O6S. The highest BCUT2D eigenvalue weighted by atomic mass is 32.3. The van der Waals surface area contributed by atoms with E-state index in [-0.39, 0.29) is 17.0 Å². The van der Waals surface area contributed by atoms with Gasteiger partial charge in [-0.2, -0.15) is 21.6 Å². The molecular weight excluding hydrogens is 512 g/mol. The molecule has 0 fully saturated rings. The molecule has 9 nitrogen and oxygen atoms in total. The Labute approximate surface area is 193 Å². The SMILES string of the molecule is CCOC(=O)c1nnn(-c2cc(F)c(COc3ccc(OS(=O)(=O)F)cc3)c(F)c2)c1C(F)(F)F. The molecule has 0 unspecified atom stereocenters. The maximum Gasteiger partial charge on any atom is 0.488 e. The van der Waals surface area contributed by atoms with Gasteiger partial charge in [0, 0.05) is 12.1 Å². The largest absolute Gasteiger partial charge is 0.489 e. The van der Waals surface area contributed by atoms with Crippen LogP contribution in [0.2, 0.25) is 0 Å². The lowest BCUT2D eigenvalue weighted by atomic mass is 10.1. The first-order valence-corrected chi connectivity index (χ1v) is 10.7. The van der Waals surface area contributed by atoms with E-state index in [1.54, 1.807) is 0 Å². The zero-order valence-corrected chi connectivity index (χ0v) is 18.2. The summed E-state index contributed by atoms with van der Waals surface area (Å²) in [7, 11) is -5.25. The van der Waals surface area contributed by atoms with Gasteiger partial charge in [-0.3, -0.25) is 0 Å². The van der Waals surface area contributed by atoms with Crippen LogP contribution in [-0.4, -0.2) is 36.0 Å². The summed E-state index contributed by atoms with van der Waals surface area (Å²) in [5, 5.41) is 6.34. The molecule has 0 bridgehead atoms. The van der Waals surface area contributed by atoms with Crippen LogP contribution in [0.15, 0.2) is 36.4 Å². The second kappa shape index (κ2) is 9.81. The molecule has 1 heterocycles. The van der Waals surface area contributed by atoms with Crippen LogP contribution in [0.4, 0.5) is 25.8 Å². The minimum absolute atomic E-state index is 0.0220. The summed E-state index contributed by atoms with van der Waals surface area (Å²) in [6.07, 6.45) is -5.17. The van der Waals surface area contributed by atoms with E-state index in [0.717, 1.165) is 24.3 Å². The van der Waals surface area contributed by atoms with Gasteiger partial charge in [-0.05, 0) is 31.2 Å². The van der Waals surface area contributed by atoms with Crippen LogP contribution in [0.3, 0.4) is 0 Å². The Morgan fingerprint density at radius 3 is 2.14 bits per heavy atom. The summed E-state index contributed by atoms with van der Waals surface area (Å²) in [5.74, 6) is -4.43. The van der Waals surface area contributed by atoms with E-state index in [0.29, 0.717) is 12.1 Å². The average molecular weight is 525 g/mol. The molecule has 0 spiro atoms. The third-order valence-electron chi connectivity index (χ3n) is 4.18. The Bertz CT molecular complexity index is 1320. The van der Waals surface area contributed by atoms with Gasteiger partial charge in [0.15, 0.2) is 5.69 Å². The van der Waals surface area contributed by atoms with Gasteiger partial charge in [0.2, 0.25) is 5.69 Å². The van der Waals surface area contributed by atoms with Crippen LogP contribution < -0.4 is 8.92 Å². The van der Waals surface area contributed by atoms with Gasteiger partial charge in [-0.25, -0.2) is 18.3 Å². The monoisotopic (exact) mass is 525 g/mol. The van der Waals surface area contributed by atoms with Crippen molar-refractivity contribution < 1.29 is 52.7 Å². The van der Waals surface area contributed by atoms with Crippen LogP contribution in [-0.2, 0) is 28.0 Å². The first kappa shape index (κ1) is 25.8. The second-order valence-electron chi connectivity index (χ2n) is 6.54. The third-order valence-corrected chi connectivity index (χ3v) is 4.57. The van der Waals surface area contributed by atoms with E-state index < -0.39 is 69.3 Å². The van der Waals surface area contributed by atoms with E-state index >= 15 is 0 Å². The second-order valence-corrected chi connectivity index (χ2v) is 7.49. The number of hydrogen-bond acceptors (Lipinski definition) is 8. The Morgan fingerprint density at radius 2 is 1.63 bits per heavy atom. The number of hydrogen-bond donors (Lipinski definition) is 0. The first-order chi connectivity index (χ1) is 16.3. The van der Waals surface area contributed by atoms with Crippen LogP contribution in [0.1, 0.15) is 28.7 Å². The first-order valence-electron chi connectivity index (χ1n) is 9.35. The maximum absolute atomic E-state index is 14.6. The number of alkyl halides is 3. The van der Waals surface area contributed by atoms with Gasteiger partial charge >= 0.3 is 22.6 Å². The quantitative estimate of drug-likeness (QED) is 0.247. The van der Waals surface area contributed by atoms with Crippen molar-refractivity contribution in [2.24, 2.45) is 0 Å². The topological polar surface area (TPSA) is 110 Å². The Morgan fingerprint density at radius 1 is 1.06 bits per heavy atom. The standard InChI is InChI=1S/C19H13F6N3O6S/c1-2-32-18(29)16-17(19(22,23)24)28(27-26-16)10-7-14(20)13(15(21)8-10)9-33-11-3-5-12(6-4-11)34-35(25,30)31/h3-8H,2,9H2,1H3. The van der Waals surface area contributed by atoms with Crippen molar-refractivity contribution in [3.8, 4) is 17.2 Å². The van der Waals surface area contributed by atoms with Crippen molar-refractivity contribution in [2.75, 3.05) is 6.61 Å². The summed E-state index contributed by atoms with van der Waals surface area (Å²) >= 11 is 0. The number of esters is 1. The molecule has 35 heavy (non-hydrogen) atoms. The molecule has 0 saturated carbocycles. The van der Waals surface area contributed by atoms with Crippen LogP contribution in [0.5, 0.6) is 11.5 Å². The number of halogens is 6. The van der Waals surface area contributed by atoms with Crippen molar-refractivity contribution in [3.63, 3.8) is 0 Å². The molecule has 0 saturated heterocycles. The molecule has 0 atom stereocenters. The Hall–Kier alpha value is -3.82. The lowest BCUT2D eigenvalue weighted by Gasteiger charge is -2.13. The highest BCUT2D eigenvalue weighted by Gasteiger charge is 2.42. The normalized spacial score (nSPS) is 11.9. The van der Waals surface area contributed by atoms with Crippen LogP contribution >= 0.6 is 0 Å². The fraction of sp³-hybridized carbons (Fsp3) is 0.211. The Kier molecular flexibility index (Phi) is 7.23. The Balaban J connectivity index is 1.86. The minimum Gasteiger partial charge on any atom is -0.489 e. The lowest BCUT2D eigenvalue weighted by molar-refractivity contribution is -0.143. The summed E-state index contributed by atoms with van der Waals surface area (Å²) in [6.45, 7) is 0.389. The van der Waals surface area contributed by atoms with Crippen molar-refractivity contribution in [1.82, 2.24) is 15.0 Å². The number of nitrogens with zero attached hydrogens (tertiary/aromatic N) is 3. The van der Waals surface area contributed by atoms with Crippen LogP contribution in [0, 0.1) is 11.6 Å². The zero-order valence-electron chi connectivity index (χ0n) is 17.3. The van der Waals surface area contributed by atoms with Crippen molar-refractivity contribution in [2.45, 2.75) is 19.7 Å². The predicted octanol–water partition coefficient (Wildman–Crippen LogP) is 3.91. The molecule has 0 N–H and O–H groups in total. The van der Waals surface area contributed by atoms with Gasteiger partial charge in [0.25, 0.3) is 0 Å². The highest BCUT2D eigenvalue weighted by Crippen LogP contribution is 2.34. The highest BCUT2D eigenvalue weighted by molar-refractivity contribution is 7.81. The molecule has 2 aromatic carbocycles. The lowest BCUT2D eigenvalue weighted by Crippen LogP contribution is -2.19. The van der Waals surface area contributed by atoms with Gasteiger partial charge in [0.1, 0.15) is 29.7 Å². The molecule has 0 radical (unpaired) electrons. The third kappa shape index (κ3) is 6.20. The molecule has 3 aromatic rings. The molecule has 3 rings (SSSR count). The van der Waals surface area contributed by atoms with Gasteiger partial charge in [-0.1, -0.05) is 9.10 Å². The van der Waals surface area contributed by atoms with E-state index in [2.05, 4.69) is 19.2 Å². The summed E-state index contributed by atoms with van der Waals surface area (Å²) in [6, 6.07) is 5.31. The number of rotatable bonds is 8. The average Bonchev–Trinajstić information content (AvgIpc) is 3.19. The van der Waals surface area contributed by atoms with E-state index in [1.807, 2.05) is 0 Å². The fourth-order valence-electron chi connectivity index (χ4n) is 2.77. The van der Waals surface area contributed by atoms with Gasteiger partial charge in [-0.15, -0.1) is 5.10 Å².